The number of halogens is 6. The Balaban J connectivity index is -0.000000605. The van der Waals surface area contributed by atoms with Crippen LogP contribution in [0.2, 0.25) is 0 Å². The van der Waals surface area contributed by atoms with E-state index in [9.17, 15) is 0 Å². The van der Waals surface area contributed by atoms with Crippen molar-refractivity contribution in [3.8, 4) is 11.1 Å². The topological polar surface area (TPSA) is 122 Å². The molecule has 0 aliphatic heterocycles. The van der Waals surface area contributed by atoms with Crippen molar-refractivity contribution < 1.29 is 107 Å². The van der Waals surface area contributed by atoms with Gasteiger partial charge in [-0.3, -0.25) is 0 Å². The van der Waals surface area contributed by atoms with E-state index < -0.39 is 0 Å². The molecule has 38 heavy (non-hydrogen) atoms. The summed E-state index contributed by atoms with van der Waals surface area (Å²) >= 11 is 0. The van der Waals surface area contributed by atoms with E-state index in [2.05, 4.69) is 81.3 Å². The molecule has 0 aliphatic carbocycles. The van der Waals surface area contributed by atoms with Crippen LogP contribution in [0.4, 0.5) is 0 Å². The minimum absolute atomic E-state index is 0. The van der Waals surface area contributed by atoms with Crippen molar-refractivity contribution in [2.24, 2.45) is 0 Å². The third kappa shape index (κ3) is 22.7. The number of benzene rings is 2. The Morgan fingerprint density at radius 2 is 0.842 bits per heavy atom. The van der Waals surface area contributed by atoms with Gasteiger partial charge in [0.15, 0.2) is 0 Å². The molecular weight excluding hydrogens is 609 g/mol. The lowest BCUT2D eigenvalue weighted by Gasteiger charge is -2.10. The summed E-state index contributed by atoms with van der Waals surface area (Å²) in [5.74, 6) is 0. The largest absolute Gasteiger partial charge is 1.00 e. The zero-order valence-electron chi connectivity index (χ0n) is 22.5. The van der Waals surface area contributed by atoms with Crippen molar-refractivity contribution in [1.82, 2.24) is 0 Å². The molecule has 0 amide bonds. The van der Waals surface area contributed by atoms with Gasteiger partial charge in [-0.25, -0.2) is 0 Å². The molecule has 0 fully saturated rings. The zero-order valence-corrected chi connectivity index (χ0v) is 27.0. The minimum Gasteiger partial charge on any atom is -1.00 e. The summed E-state index contributed by atoms with van der Waals surface area (Å²) in [5, 5.41) is 9.80. The van der Waals surface area contributed by atoms with E-state index in [1.807, 2.05) is 0 Å². The minimum atomic E-state index is 0. The Labute approximate surface area is 267 Å². The summed E-state index contributed by atoms with van der Waals surface area (Å²) in [6.45, 7) is 11.5. The molecule has 0 saturated carbocycles. The maximum atomic E-state index is 3.91. The molecule has 6 nitrogen and oxygen atoms in total. The van der Waals surface area contributed by atoms with Crippen molar-refractivity contribution in [1.29, 1.82) is 0 Å². The van der Waals surface area contributed by atoms with E-state index in [4.69, 9.17) is 0 Å². The summed E-state index contributed by atoms with van der Waals surface area (Å²) in [4.78, 5) is 0. The van der Waals surface area contributed by atoms with Crippen LogP contribution >= 0.6 is 0 Å². The highest BCUT2D eigenvalue weighted by molar-refractivity contribution is 5.65. The first kappa shape index (κ1) is 47.7. The molecule has 2 rings (SSSR count). The second kappa shape index (κ2) is 33.1. The third-order valence-corrected chi connectivity index (χ3v) is 5.87. The molecular formula is C26H50Cl6N6. The Kier molecular flexibility index (Phi) is 41.6. The number of quaternary nitrogens is 6. The van der Waals surface area contributed by atoms with E-state index in [-0.39, 0.29) is 74.4 Å². The van der Waals surface area contributed by atoms with Crippen LogP contribution in [-0.2, 0) is 13.1 Å². The molecule has 0 unspecified atom stereocenters. The van der Waals surface area contributed by atoms with Gasteiger partial charge in [0.1, 0.15) is 13.1 Å². The summed E-state index contributed by atoms with van der Waals surface area (Å²) in [5.41, 5.74) is 13.4. The summed E-state index contributed by atoms with van der Waals surface area (Å²) < 4.78 is 0. The fourth-order valence-corrected chi connectivity index (χ4v) is 4.01. The predicted molar refractivity (Wildman–Crippen MR) is 130 cm³/mol. The molecule has 2 aromatic carbocycles. The molecule has 2 aromatic rings. The van der Waals surface area contributed by atoms with Gasteiger partial charge in [-0.2, -0.15) is 0 Å². The van der Waals surface area contributed by atoms with E-state index in [0.29, 0.717) is 0 Å². The van der Waals surface area contributed by atoms with Gasteiger partial charge in [0, 0.05) is 36.8 Å². The molecule has 12 heteroatoms. The maximum Gasteiger partial charge on any atom is 0.101 e. The van der Waals surface area contributed by atoms with Gasteiger partial charge in [0.05, 0.1) is 52.4 Å². The van der Waals surface area contributed by atoms with Crippen molar-refractivity contribution in [2.45, 2.75) is 38.8 Å². The molecule has 0 heterocycles. The summed E-state index contributed by atoms with van der Waals surface area (Å²) in [7, 11) is 0. The predicted octanol–water partition coefficient (Wildman–Crippen LogP) is -21.3. The van der Waals surface area contributed by atoms with Gasteiger partial charge in [-0.15, -0.1) is 0 Å². The monoisotopic (exact) mass is 656 g/mol. The van der Waals surface area contributed by atoms with Crippen LogP contribution in [0.1, 0.15) is 36.8 Å². The van der Waals surface area contributed by atoms with Crippen molar-refractivity contribution in [3.05, 3.63) is 59.7 Å². The summed E-state index contributed by atoms with van der Waals surface area (Å²) in [6, 6.07) is 18.0. The second-order valence-corrected chi connectivity index (χ2v) is 8.82. The van der Waals surface area contributed by atoms with Gasteiger partial charge < -0.3 is 107 Å². The lowest BCUT2D eigenvalue weighted by Crippen LogP contribution is -3.00. The molecule has 0 atom stereocenters. The standard InChI is InChI=1S/C26H44N6.6ClH/c27-10-4-12-29-14-6-16-31-21-23-18-24(22-32-17-7-15-30-13-5-11-28)20-26(19-23)25-8-2-1-3-9-25;;;;;;/h1-3,8-9,18-20,29-32H,4-7,10-17,21-22,27-28H2;6*1H. The lowest BCUT2D eigenvalue weighted by atomic mass is 9.99. The number of rotatable bonds is 19. The Morgan fingerprint density at radius 3 is 1.26 bits per heavy atom. The van der Waals surface area contributed by atoms with Gasteiger partial charge >= 0.3 is 0 Å². The van der Waals surface area contributed by atoms with Crippen molar-refractivity contribution >= 4 is 0 Å². The molecule has 0 saturated heterocycles. The zero-order chi connectivity index (χ0) is 22.7. The fraction of sp³-hybridized carbons (Fsp3) is 0.538. The van der Waals surface area contributed by atoms with Crippen LogP contribution in [0.25, 0.3) is 11.1 Å². The molecule has 226 valence electrons. The molecule has 0 aliphatic rings. The van der Waals surface area contributed by atoms with Crippen LogP contribution in [0, 0.1) is 0 Å². The average Bonchev–Trinajstić information content (AvgIpc) is 2.83. The van der Waals surface area contributed by atoms with Crippen molar-refractivity contribution in [3.63, 3.8) is 0 Å². The smallest absolute Gasteiger partial charge is 0.101 e. The first-order valence-electron chi connectivity index (χ1n) is 12.9. The Hall–Kier alpha value is -0.0600. The van der Waals surface area contributed by atoms with E-state index in [1.54, 1.807) is 0 Å². The van der Waals surface area contributed by atoms with E-state index in [0.717, 1.165) is 26.2 Å². The van der Waals surface area contributed by atoms with Crippen LogP contribution < -0.4 is 107 Å². The first-order chi connectivity index (χ1) is 15.8. The van der Waals surface area contributed by atoms with Gasteiger partial charge in [-0.05, 0) is 29.3 Å². The Morgan fingerprint density at radius 1 is 0.447 bits per heavy atom. The van der Waals surface area contributed by atoms with Gasteiger partial charge in [0.2, 0.25) is 0 Å². The fourth-order valence-electron chi connectivity index (χ4n) is 4.01. The quantitative estimate of drug-likeness (QED) is 0.0804. The van der Waals surface area contributed by atoms with E-state index >= 15 is 0 Å². The van der Waals surface area contributed by atoms with Gasteiger partial charge in [-0.1, -0.05) is 30.3 Å². The SMILES string of the molecule is [Cl-].[Cl-].[Cl-].[Cl-].[Cl-].[Cl-].[NH3+]CCC[NH2+]CCC[NH2+]Cc1cc(C[NH2+]CCC[NH2+]CCC[NH3+])cc(-c2ccccc2)c1. The molecule has 0 aromatic heterocycles. The highest BCUT2D eigenvalue weighted by Crippen LogP contribution is 2.22. The number of hydrogen-bond acceptors (Lipinski definition) is 0. The number of nitrogens with two attached hydrogens (primary N) is 4. The van der Waals surface area contributed by atoms with Crippen molar-refractivity contribution in [2.75, 3.05) is 52.4 Å². The molecule has 0 bridgehead atoms. The molecule has 14 N–H and O–H groups in total. The van der Waals surface area contributed by atoms with Crippen LogP contribution in [0.3, 0.4) is 0 Å². The van der Waals surface area contributed by atoms with Gasteiger partial charge in [0.25, 0.3) is 0 Å². The third-order valence-electron chi connectivity index (χ3n) is 5.87. The normalized spacial score (nSPS) is 9.42. The first-order valence-corrected chi connectivity index (χ1v) is 12.9. The lowest BCUT2D eigenvalue weighted by molar-refractivity contribution is -0.690. The molecule has 0 radical (unpaired) electrons. The second-order valence-electron chi connectivity index (χ2n) is 8.82. The number of hydrogen-bond donors (Lipinski definition) is 6. The molecule has 0 spiro atoms. The van der Waals surface area contributed by atoms with Crippen LogP contribution in [0.15, 0.2) is 48.5 Å². The highest BCUT2D eigenvalue weighted by Gasteiger charge is 2.07. The van der Waals surface area contributed by atoms with Crippen LogP contribution in [0.5, 0.6) is 0 Å². The Bertz CT molecular complexity index is 692. The van der Waals surface area contributed by atoms with Crippen LogP contribution in [-0.4, -0.2) is 52.4 Å². The summed E-state index contributed by atoms with van der Waals surface area (Å²) in [6.07, 6.45) is 4.99. The average molecular weight is 659 g/mol. The highest BCUT2D eigenvalue weighted by atomic mass is 35.5. The van der Waals surface area contributed by atoms with E-state index in [1.165, 1.54) is 87.2 Å². The maximum absolute atomic E-state index is 3.91.